The fourth-order valence-corrected chi connectivity index (χ4v) is 4.60. The fraction of sp³-hybridized carbons (Fsp3) is 0.263. The van der Waals surface area contributed by atoms with Crippen molar-refractivity contribution in [1.82, 2.24) is 9.55 Å². The summed E-state index contributed by atoms with van der Waals surface area (Å²) in [5.74, 6) is -0.496. The van der Waals surface area contributed by atoms with E-state index in [1.54, 1.807) is 35.6 Å². The predicted octanol–water partition coefficient (Wildman–Crippen LogP) is 2.79. The number of Topliss-reactive ketones (excluding diaryl/α,β-unsaturated/α-hetero) is 1. The molecule has 0 radical (unpaired) electrons. The van der Waals surface area contributed by atoms with Crippen molar-refractivity contribution in [3.8, 4) is 0 Å². The van der Waals surface area contributed by atoms with Crippen LogP contribution in [0.4, 0.5) is 5.69 Å². The zero-order valence-electron chi connectivity index (χ0n) is 14.2. The number of fused-ring (bicyclic) bond motifs is 3. The molecule has 0 bridgehead atoms. The summed E-state index contributed by atoms with van der Waals surface area (Å²) in [5.41, 5.74) is 1.81. The van der Waals surface area contributed by atoms with E-state index in [-0.39, 0.29) is 23.8 Å². The summed E-state index contributed by atoms with van der Waals surface area (Å²) in [6, 6.07) is 6.82. The molecule has 2 heterocycles. The number of carbonyl (C=O) groups is 2. The Morgan fingerprint density at radius 2 is 2.08 bits per heavy atom. The van der Waals surface area contributed by atoms with Crippen molar-refractivity contribution in [2.75, 3.05) is 5.32 Å². The Labute approximate surface area is 153 Å². The Morgan fingerprint density at radius 3 is 2.88 bits per heavy atom. The average Bonchev–Trinajstić information content (AvgIpc) is 3.18. The van der Waals surface area contributed by atoms with Crippen LogP contribution in [0.3, 0.4) is 0 Å². The highest BCUT2D eigenvalue weighted by Crippen LogP contribution is 2.34. The first-order valence-corrected chi connectivity index (χ1v) is 9.25. The molecule has 0 saturated heterocycles. The quantitative estimate of drug-likeness (QED) is 0.719. The predicted molar refractivity (Wildman–Crippen MR) is 101 cm³/mol. The van der Waals surface area contributed by atoms with Crippen molar-refractivity contribution < 1.29 is 9.59 Å². The summed E-state index contributed by atoms with van der Waals surface area (Å²) in [6.45, 7) is 1.31. The van der Waals surface area contributed by atoms with Crippen LogP contribution in [-0.2, 0) is 24.2 Å². The van der Waals surface area contributed by atoms with Gasteiger partial charge in [-0.15, -0.1) is 11.3 Å². The van der Waals surface area contributed by atoms with Crippen LogP contribution in [0.5, 0.6) is 0 Å². The maximum Gasteiger partial charge on any atom is 0.262 e. The minimum Gasteiger partial charge on any atom is -0.324 e. The smallest absolute Gasteiger partial charge is 0.262 e. The van der Waals surface area contributed by atoms with E-state index in [9.17, 15) is 14.4 Å². The third-order valence-electron chi connectivity index (χ3n) is 4.59. The lowest BCUT2D eigenvalue weighted by molar-refractivity contribution is -0.116. The first-order valence-electron chi connectivity index (χ1n) is 8.44. The van der Waals surface area contributed by atoms with Gasteiger partial charge in [-0.1, -0.05) is 12.1 Å². The highest BCUT2D eigenvalue weighted by Gasteiger charge is 2.21. The van der Waals surface area contributed by atoms with Gasteiger partial charge in [0.15, 0.2) is 5.78 Å². The van der Waals surface area contributed by atoms with Gasteiger partial charge in [0, 0.05) is 10.4 Å². The number of para-hydroxylation sites is 1. The van der Waals surface area contributed by atoms with Crippen molar-refractivity contribution in [2.45, 2.75) is 32.7 Å². The molecule has 1 aliphatic carbocycles. The Kier molecular flexibility index (Phi) is 4.16. The molecule has 0 aliphatic heterocycles. The molecule has 2 aromatic heterocycles. The van der Waals surface area contributed by atoms with Crippen LogP contribution >= 0.6 is 11.3 Å². The van der Waals surface area contributed by atoms with E-state index in [1.807, 2.05) is 0 Å². The van der Waals surface area contributed by atoms with Crippen LogP contribution in [0.1, 0.15) is 34.1 Å². The monoisotopic (exact) mass is 367 g/mol. The Balaban J connectivity index is 1.62. The van der Waals surface area contributed by atoms with Crippen molar-refractivity contribution in [3.05, 3.63) is 57.0 Å². The number of ketones is 1. The molecule has 0 unspecified atom stereocenters. The largest absolute Gasteiger partial charge is 0.324 e. The van der Waals surface area contributed by atoms with Crippen LogP contribution in [0.15, 0.2) is 35.4 Å². The number of aromatic nitrogens is 2. The Hall–Kier alpha value is -2.80. The number of aryl methyl sites for hydroxylation is 2. The van der Waals surface area contributed by atoms with E-state index in [2.05, 4.69) is 10.3 Å². The number of carbonyl (C=O) groups excluding carboxylic acids is 2. The van der Waals surface area contributed by atoms with Gasteiger partial charge in [0.1, 0.15) is 11.4 Å². The molecule has 26 heavy (non-hydrogen) atoms. The molecule has 4 rings (SSSR count). The van der Waals surface area contributed by atoms with E-state index in [4.69, 9.17) is 0 Å². The maximum absolute atomic E-state index is 12.8. The molecule has 1 aromatic carbocycles. The number of hydrogen-bond acceptors (Lipinski definition) is 5. The molecular weight excluding hydrogens is 350 g/mol. The van der Waals surface area contributed by atoms with E-state index in [0.717, 1.165) is 29.7 Å². The Bertz CT molecular complexity index is 1100. The highest BCUT2D eigenvalue weighted by atomic mass is 32.1. The summed E-state index contributed by atoms with van der Waals surface area (Å²) in [6.07, 6.45) is 4.38. The van der Waals surface area contributed by atoms with Gasteiger partial charge in [-0.05, 0) is 43.9 Å². The van der Waals surface area contributed by atoms with Crippen molar-refractivity contribution >= 4 is 38.9 Å². The van der Waals surface area contributed by atoms with E-state index in [0.29, 0.717) is 16.6 Å². The molecule has 0 fully saturated rings. The lowest BCUT2D eigenvalue weighted by Crippen LogP contribution is -2.28. The molecule has 1 aliphatic rings. The third kappa shape index (κ3) is 2.84. The molecule has 3 aromatic rings. The molecule has 7 heteroatoms. The summed E-state index contributed by atoms with van der Waals surface area (Å²) in [4.78, 5) is 43.2. The van der Waals surface area contributed by atoms with Gasteiger partial charge >= 0.3 is 0 Å². The number of thiophene rings is 1. The second kappa shape index (κ2) is 6.49. The third-order valence-corrected chi connectivity index (χ3v) is 5.79. The molecule has 1 N–H and O–H groups in total. The summed E-state index contributed by atoms with van der Waals surface area (Å²) in [5, 5.41) is 3.37. The van der Waals surface area contributed by atoms with Crippen LogP contribution < -0.4 is 10.9 Å². The molecule has 6 nitrogen and oxygen atoms in total. The van der Waals surface area contributed by atoms with Gasteiger partial charge in [0.2, 0.25) is 5.91 Å². The number of benzene rings is 1. The number of hydrogen-bond donors (Lipinski definition) is 1. The zero-order valence-corrected chi connectivity index (χ0v) is 15.1. The molecular formula is C19H17N3O3S. The van der Waals surface area contributed by atoms with Gasteiger partial charge in [0.05, 0.1) is 17.4 Å². The number of rotatable bonds is 4. The van der Waals surface area contributed by atoms with Gasteiger partial charge in [-0.25, -0.2) is 4.98 Å². The number of amides is 1. The summed E-state index contributed by atoms with van der Waals surface area (Å²) >= 11 is 1.57. The minimum atomic E-state index is -0.367. The molecule has 1 amide bonds. The van der Waals surface area contributed by atoms with Crippen LogP contribution in [0.25, 0.3) is 10.2 Å². The molecule has 0 saturated carbocycles. The van der Waals surface area contributed by atoms with E-state index >= 15 is 0 Å². The number of nitrogens with zero attached hydrogens (tertiary/aromatic N) is 2. The SMILES string of the molecule is CC(=O)c1ccccc1NC(=O)Cn1cnc2sc3c(c2c1=O)CCC3. The van der Waals surface area contributed by atoms with E-state index < -0.39 is 0 Å². The number of nitrogens with one attached hydrogen (secondary N) is 1. The van der Waals surface area contributed by atoms with Crippen LogP contribution in [-0.4, -0.2) is 21.2 Å². The highest BCUT2D eigenvalue weighted by molar-refractivity contribution is 7.18. The Morgan fingerprint density at radius 1 is 1.27 bits per heavy atom. The second-order valence-electron chi connectivity index (χ2n) is 6.37. The van der Waals surface area contributed by atoms with Gasteiger partial charge in [0.25, 0.3) is 5.56 Å². The molecule has 132 valence electrons. The lowest BCUT2D eigenvalue weighted by Gasteiger charge is -2.10. The summed E-state index contributed by atoms with van der Waals surface area (Å²) in [7, 11) is 0. The van der Waals surface area contributed by atoms with Gasteiger partial charge < -0.3 is 5.32 Å². The second-order valence-corrected chi connectivity index (χ2v) is 7.45. The van der Waals surface area contributed by atoms with Crippen LogP contribution in [0, 0.1) is 0 Å². The number of anilines is 1. The van der Waals surface area contributed by atoms with Crippen LogP contribution in [0.2, 0.25) is 0 Å². The topological polar surface area (TPSA) is 81.1 Å². The van der Waals surface area contributed by atoms with Crippen molar-refractivity contribution in [3.63, 3.8) is 0 Å². The fourth-order valence-electron chi connectivity index (χ4n) is 3.38. The average molecular weight is 367 g/mol. The summed E-state index contributed by atoms with van der Waals surface area (Å²) < 4.78 is 1.33. The molecule has 0 atom stereocenters. The first-order chi connectivity index (χ1) is 12.5. The van der Waals surface area contributed by atoms with Gasteiger partial charge in [-0.3, -0.25) is 19.0 Å². The van der Waals surface area contributed by atoms with E-state index in [1.165, 1.54) is 22.7 Å². The van der Waals surface area contributed by atoms with Gasteiger partial charge in [-0.2, -0.15) is 0 Å². The zero-order chi connectivity index (χ0) is 18.3. The molecule has 0 spiro atoms. The minimum absolute atomic E-state index is 0.130. The normalized spacial score (nSPS) is 13.0. The lowest BCUT2D eigenvalue weighted by atomic mass is 10.1. The standard InChI is InChI=1S/C19H17N3O3S/c1-11(23)12-5-2-3-7-14(12)21-16(24)9-22-10-20-18-17(19(22)25)13-6-4-8-15(13)26-18/h2-3,5,7,10H,4,6,8-9H2,1H3,(H,21,24). The van der Waals surface area contributed by atoms with Crippen molar-refractivity contribution in [2.24, 2.45) is 0 Å². The maximum atomic E-state index is 12.8. The van der Waals surface area contributed by atoms with Crippen molar-refractivity contribution in [1.29, 1.82) is 0 Å². The first kappa shape index (κ1) is 16.7.